The minimum absolute atomic E-state index is 0.257. The Morgan fingerprint density at radius 1 is 1.08 bits per heavy atom. The van der Waals surface area contributed by atoms with Crippen molar-refractivity contribution >= 4 is 22.8 Å². The highest BCUT2D eigenvalue weighted by molar-refractivity contribution is 6.00. The Balaban J connectivity index is 1.76. The zero-order chi connectivity index (χ0) is 18.8. The number of nitrogens with one attached hydrogen (secondary N) is 2. The van der Waals surface area contributed by atoms with Crippen LogP contribution in [0.5, 0.6) is 0 Å². The van der Waals surface area contributed by atoms with Crippen LogP contribution in [0.25, 0.3) is 11.0 Å². The van der Waals surface area contributed by atoms with Crippen LogP contribution in [0.1, 0.15) is 33.5 Å². The first kappa shape index (κ1) is 17.5. The Bertz CT molecular complexity index is 994. The smallest absolute Gasteiger partial charge is 0.275 e. The maximum absolute atomic E-state index is 13.6. The van der Waals surface area contributed by atoms with Crippen molar-refractivity contribution in [2.75, 3.05) is 0 Å². The largest absolute Gasteiger partial charge is 0.329 e. The first-order chi connectivity index (χ1) is 12.4. The standard InChI is InChI=1S/C18H16F2N4O2/c1-3-24-10(2)21-14-9-11(7-8-15(14)24)17(25)22-23-18(26)16-12(19)5-4-6-13(16)20/h4-9H,3H2,1-2H3,(H,22,25)(H,23,26). The predicted molar refractivity (Wildman–Crippen MR) is 91.4 cm³/mol. The molecule has 0 radical (unpaired) electrons. The van der Waals surface area contributed by atoms with E-state index in [2.05, 4.69) is 10.4 Å². The van der Waals surface area contributed by atoms with E-state index < -0.39 is 29.0 Å². The number of nitrogens with zero attached hydrogens (tertiary/aromatic N) is 2. The molecule has 2 N–H and O–H groups in total. The molecule has 8 heteroatoms. The number of hydrogen-bond donors (Lipinski definition) is 2. The Morgan fingerprint density at radius 3 is 2.38 bits per heavy atom. The van der Waals surface area contributed by atoms with E-state index in [1.165, 1.54) is 0 Å². The molecule has 0 bridgehead atoms. The second kappa shape index (κ2) is 6.91. The number of rotatable bonds is 3. The molecule has 134 valence electrons. The lowest BCUT2D eigenvalue weighted by molar-refractivity contribution is 0.0841. The van der Waals surface area contributed by atoms with Gasteiger partial charge in [0.05, 0.1) is 11.0 Å². The lowest BCUT2D eigenvalue weighted by Crippen LogP contribution is -2.42. The molecule has 6 nitrogen and oxygen atoms in total. The molecular weight excluding hydrogens is 342 g/mol. The van der Waals surface area contributed by atoms with Crippen LogP contribution in [0.2, 0.25) is 0 Å². The Morgan fingerprint density at radius 2 is 1.73 bits per heavy atom. The van der Waals surface area contributed by atoms with Gasteiger partial charge in [-0.3, -0.25) is 20.4 Å². The third kappa shape index (κ3) is 3.13. The van der Waals surface area contributed by atoms with Crippen LogP contribution in [-0.4, -0.2) is 21.4 Å². The molecule has 1 aromatic heterocycles. The van der Waals surface area contributed by atoms with Gasteiger partial charge in [0, 0.05) is 12.1 Å². The van der Waals surface area contributed by atoms with Gasteiger partial charge in [-0.25, -0.2) is 13.8 Å². The molecule has 26 heavy (non-hydrogen) atoms. The molecule has 0 atom stereocenters. The van der Waals surface area contributed by atoms with Crippen LogP contribution in [0, 0.1) is 18.6 Å². The summed E-state index contributed by atoms with van der Waals surface area (Å²) in [4.78, 5) is 28.5. The van der Waals surface area contributed by atoms with Crippen molar-refractivity contribution in [3.8, 4) is 0 Å². The van der Waals surface area contributed by atoms with Crippen molar-refractivity contribution in [3.05, 3.63) is 65.0 Å². The summed E-state index contributed by atoms with van der Waals surface area (Å²) in [7, 11) is 0. The number of aryl methyl sites for hydroxylation is 2. The SMILES string of the molecule is CCn1c(C)nc2cc(C(=O)NNC(=O)c3c(F)cccc3F)ccc21. The van der Waals surface area contributed by atoms with Crippen LogP contribution in [0.4, 0.5) is 8.78 Å². The predicted octanol–water partition coefficient (Wildman–Crippen LogP) is 2.72. The van der Waals surface area contributed by atoms with Gasteiger partial charge in [-0.1, -0.05) is 6.07 Å². The van der Waals surface area contributed by atoms with Crippen LogP contribution in [0.15, 0.2) is 36.4 Å². The summed E-state index contributed by atoms with van der Waals surface area (Å²) in [5.74, 6) is -2.91. The fourth-order valence-electron chi connectivity index (χ4n) is 2.75. The molecule has 0 saturated heterocycles. The van der Waals surface area contributed by atoms with Gasteiger partial charge in [-0.15, -0.1) is 0 Å². The number of carbonyl (C=O) groups is 2. The average Bonchev–Trinajstić information content (AvgIpc) is 2.93. The van der Waals surface area contributed by atoms with Crippen molar-refractivity contribution in [2.45, 2.75) is 20.4 Å². The van der Waals surface area contributed by atoms with E-state index in [1.54, 1.807) is 18.2 Å². The molecule has 0 aliphatic rings. The first-order valence-corrected chi connectivity index (χ1v) is 7.94. The van der Waals surface area contributed by atoms with Crippen LogP contribution >= 0.6 is 0 Å². The molecule has 3 aromatic rings. The molecule has 1 heterocycles. The molecule has 0 spiro atoms. The van der Waals surface area contributed by atoms with Gasteiger partial charge in [0.1, 0.15) is 23.0 Å². The fraction of sp³-hybridized carbons (Fsp3) is 0.167. The van der Waals surface area contributed by atoms with Crippen LogP contribution in [-0.2, 0) is 6.54 Å². The fourth-order valence-corrected chi connectivity index (χ4v) is 2.75. The summed E-state index contributed by atoms with van der Waals surface area (Å²) in [5, 5.41) is 0. The van der Waals surface area contributed by atoms with Crippen molar-refractivity contribution in [2.24, 2.45) is 0 Å². The normalized spacial score (nSPS) is 10.8. The van der Waals surface area contributed by atoms with E-state index in [-0.39, 0.29) is 5.56 Å². The number of benzene rings is 2. The molecule has 0 unspecified atom stereocenters. The molecular formula is C18H16F2N4O2. The Labute approximate surface area is 147 Å². The minimum atomic E-state index is -1.08. The van der Waals surface area contributed by atoms with Crippen molar-refractivity contribution in [3.63, 3.8) is 0 Å². The van der Waals surface area contributed by atoms with Gasteiger partial charge in [0.25, 0.3) is 11.8 Å². The Hall–Kier alpha value is -3.29. The van der Waals surface area contributed by atoms with Gasteiger partial charge >= 0.3 is 0 Å². The molecule has 2 amide bonds. The highest BCUT2D eigenvalue weighted by atomic mass is 19.1. The highest BCUT2D eigenvalue weighted by Crippen LogP contribution is 2.17. The van der Waals surface area contributed by atoms with Gasteiger partial charge in [0.2, 0.25) is 0 Å². The second-order valence-electron chi connectivity index (χ2n) is 5.61. The zero-order valence-electron chi connectivity index (χ0n) is 14.1. The zero-order valence-corrected chi connectivity index (χ0v) is 14.1. The number of carbonyl (C=O) groups excluding carboxylic acids is 2. The number of halogens is 2. The maximum Gasteiger partial charge on any atom is 0.275 e. The third-order valence-electron chi connectivity index (χ3n) is 4.00. The van der Waals surface area contributed by atoms with E-state index in [0.717, 1.165) is 36.1 Å². The topological polar surface area (TPSA) is 76.0 Å². The number of hydrogen-bond acceptors (Lipinski definition) is 3. The van der Waals surface area contributed by atoms with E-state index >= 15 is 0 Å². The van der Waals surface area contributed by atoms with E-state index in [9.17, 15) is 18.4 Å². The number of amides is 2. The van der Waals surface area contributed by atoms with Gasteiger partial charge in [0.15, 0.2) is 0 Å². The molecule has 3 rings (SSSR count). The highest BCUT2D eigenvalue weighted by Gasteiger charge is 2.18. The summed E-state index contributed by atoms with van der Waals surface area (Å²) < 4.78 is 29.1. The first-order valence-electron chi connectivity index (χ1n) is 7.94. The monoisotopic (exact) mass is 358 g/mol. The van der Waals surface area contributed by atoms with Gasteiger partial charge in [-0.2, -0.15) is 0 Å². The van der Waals surface area contributed by atoms with Crippen molar-refractivity contribution < 1.29 is 18.4 Å². The molecule has 0 fully saturated rings. The second-order valence-corrected chi connectivity index (χ2v) is 5.61. The molecule has 0 aliphatic heterocycles. The summed E-state index contributed by atoms with van der Waals surface area (Å²) in [5.41, 5.74) is 5.18. The number of imidazole rings is 1. The average molecular weight is 358 g/mol. The lowest BCUT2D eigenvalue weighted by Gasteiger charge is -2.09. The quantitative estimate of drug-likeness (QED) is 0.707. The maximum atomic E-state index is 13.6. The molecule has 0 saturated carbocycles. The minimum Gasteiger partial charge on any atom is -0.329 e. The van der Waals surface area contributed by atoms with Crippen molar-refractivity contribution in [1.29, 1.82) is 0 Å². The van der Waals surface area contributed by atoms with Crippen LogP contribution in [0.3, 0.4) is 0 Å². The lowest BCUT2D eigenvalue weighted by atomic mass is 10.2. The summed E-state index contributed by atoms with van der Waals surface area (Å²) in [6.45, 7) is 4.61. The molecule has 2 aromatic carbocycles. The van der Waals surface area contributed by atoms with E-state index in [1.807, 2.05) is 23.8 Å². The number of aromatic nitrogens is 2. The Kier molecular flexibility index (Phi) is 4.66. The van der Waals surface area contributed by atoms with Crippen molar-refractivity contribution in [1.82, 2.24) is 20.4 Å². The number of fused-ring (bicyclic) bond motifs is 1. The summed E-state index contributed by atoms with van der Waals surface area (Å²) in [6.07, 6.45) is 0. The summed E-state index contributed by atoms with van der Waals surface area (Å²) in [6, 6.07) is 7.99. The third-order valence-corrected chi connectivity index (χ3v) is 4.00. The molecule has 0 aliphatic carbocycles. The van der Waals surface area contributed by atoms with Gasteiger partial charge < -0.3 is 4.57 Å². The van der Waals surface area contributed by atoms with Crippen LogP contribution < -0.4 is 10.9 Å². The van der Waals surface area contributed by atoms with Gasteiger partial charge in [-0.05, 0) is 44.2 Å². The summed E-state index contributed by atoms with van der Waals surface area (Å²) >= 11 is 0. The van der Waals surface area contributed by atoms with E-state index in [4.69, 9.17) is 0 Å². The number of hydrazine groups is 1. The van der Waals surface area contributed by atoms with E-state index in [0.29, 0.717) is 5.52 Å².